The van der Waals surface area contributed by atoms with Crippen molar-refractivity contribution in [2.75, 3.05) is 33.8 Å². The van der Waals surface area contributed by atoms with Gasteiger partial charge in [0, 0.05) is 39.2 Å². The van der Waals surface area contributed by atoms with E-state index < -0.39 is 0 Å². The topological polar surface area (TPSA) is 43.8 Å². The Morgan fingerprint density at radius 1 is 1.22 bits per heavy atom. The molecule has 1 rings (SSSR count). The first-order valence-electron chi connectivity index (χ1n) is 7.13. The van der Waals surface area contributed by atoms with Gasteiger partial charge in [-0.2, -0.15) is 0 Å². The summed E-state index contributed by atoms with van der Waals surface area (Å²) in [6, 6.07) is 0.590. The standard InChI is InChI=1S/C14H28N2O2/c1-4-15(2)14(18)9-10-16(3)13-7-5-12(11-17)6-8-13/h12-13,17H,4-11H2,1-3H3. The van der Waals surface area contributed by atoms with E-state index in [2.05, 4.69) is 11.9 Å². The second-order valence-corrected chi connectivity index (χ2v) is 5.50. The van der Waals surface area contributed by atoms with Gasteiger partial charge in [0.1, 0.15) is 0 Å². The average molecular weight is 256 g/mol. The Bertz CT molecular complexity index is 250. The molecule has 0 aromatic carbocycles. The third-order valence-corrected chi connectivity index (χ3v) is 4.28. The molecule has 0 atom stereocenters. The molecule has 1 saturated carbocycles. The fraction of sp³-hybridized carbons (Fsp3) is 0.929. The number of amides is 1. The van der Waals surface area contributed by atoms with E-state index in [-0.39, 0.29) is 5.91 Å². The van der Waals surface area contributed by atoms with Gasteiger partial charge in [-0.15, -0.1) is 0 Å². The maximum atomic E-state index is 11.7. The molecule has 106 valence electrons. The first-order valence-corrected chi connectivity index (χ1v) is 7.13. The molecule has 0 radical (unpaired) electrons. The van der Waals surface area contributed by atoms with Crippen LogP contribution in [0.2, 0.25) is 0 Å². The van der Waals surface area contributed by atoms with Crippen LogP contribution in [0.25, 0.3) is 0 Å². The lowest BCUT2D eigenvalue weighted by molar-refractivity contribution is -0.130. The molecule has 1 aliphatic carbocycles. The summed E-state index contributed by atoms with van der Waals surface area (Å²) in [5, 5.41) is 9.12. The molecular weight excluding hydrogens is 228 g/mol. The van der Waals surface area contributed by atoms with Crippen molar-refractivity contribution in [3.63, 3.8) is 0 Å². The highest BCUT2D eigenvalue weighted by molar-refractivity contribution is 5.75. The van der Waals surface area contributed by atoms with Crippen molar-refractivity contribution in [1.29, 1.82) is 0 Å². The Balaban J connectivity index is 2.25. The lowest BCUT2D eigenvalue weighted by atomic mass is 9.86. The molecule has 1 N–H and O–H groups in total. The summed E-state index contributed by atoms with van der Waals surface area (Å²) in [5.41, 5.74) is 0. The van der Waals surface area contributed by atoms with Crippen LogP contribution >= 0.6 is 0 Å². The molecule has 18 heavy (non-hydrogen) atoms. The summed E-state index contributed by atoms with van der Waals surface area (Å²) < 4.78 is 0. The van der Waals surface area contributed by atoms with Crippen LogP contribution in [0, 0.1) is 5.92 Å². The lowest BCUT2D eigenvalue weighted by Crippen LogP contribution is -2.38. The number of carbonyl (C=O) groups excluding carboxylic acids is 1. The van der Waals surface area contributed by atoms with Crippen LogP contribution in [0.5, 0.6) is 0 Å². The predicted octanol–water partition coefficient (Wildman–Crippen LogP) is 1.34. The molecule has 0 unspecified atom stereocenters. The molecule has 4 heteroatoms. The molecule has 0 aromatic rings. The average Bonchev–Trinajstić information content (AvgIpc) is 2.43. The van der Waals surface area contributed by atoms with E-state index >= 15 is 0 Å². The molecule has 0 aromatic heterocycles. The minimum absolute atomic E-state index is 0.230. The fourth-order valence-corrected chi connectivity index (χ4v) is 2.59. The van der Waals surface area contributed by atoms with Crippen LogP contribution in [0.1, 0.15) is 39.0 Å². The van der Waals surface area contributed by atoms with Gasteiger partial charge in [-0.05, 0) is 45.6 Å². The Labute approximate surface area is 111 Å². The van der Waals surface area contributed by atoms with Crippen LogP contribution < -0.4 is 0 Å². The SMILES string of the molecule is CCN(C)C(=O)CCN(C)C1CCC(CO)CC1. The normalized spacial score (nSPS) is 24.3. The van der Waals surface area contributed by atoms with Gasteiger partial charge in [-0.3, -0.25) is 4.79 Å². The van der Waals surface area contributed by atoms with Gasteiger partial charge in [0.05, 0.1) is 0 Å². The van der Waals surface area contributed by atoms with Gasteiger partial charge < -0.3 is 14.9 Å². The highest BCUT2D eigenvalue weighted by Gasteiger charge is 2.23. The Hall–Kier alpha value is -0.610. The molecule has 0 aliphatic heterocycles. The molecule has 0 heterocycles. The number of aliphatic hydroxyl groups excluding tert-OH is 1. The third kappa shape index (κ3) is 4.58. The number of aliphatic hydroxyl groups is 1. The number of hydrogen-bond donors (Lipinski definition) is 1. The van der Waals surface area contributed by atoms with Crippen LogP contribution in [0.3, 0.4) is 0 Å². The summed E-state index contributed by atoms with van der Waals surface area (Å²) in [6.45, 7) is 3.95. The smallest absolute Gasteiger partial charge is 0.223 e. The number of rotatable bonds is 6. The molecule has 1 fully saturated rings. The monoisotopic (exact) mass is 256 g/mol. The van der Waals surface area contributed by atoms with Crippen molar-refractivity contribution in [2.45, 2.75) is 45.1 Å². The van der Waals surface area contributed by atoms with Crippen LogP contribution in [-0.2, 0) is 4.79 Å². The van der Waals surface area contributed by atoms with Gasteiger partial charge in [-0.1, -0.05) is 0 Å². The Kier molecular flexibility index (Phi) is 6.65. The fourth-order valence-electron chi connectivity index (χ4n) is 2.59. The Morgan fingerprint density at radius 2 is 1.83 bits per heavy atom. The molecule has 1 aliphatic rings. The largest absolute Gasteiger partial charge is 0.396 e. The van der Waals surface area contributed by atoms with Crippen molar-refractivity contribution in [2.24, 2.45) is 5.92 Å². The summed E-state index contributed by atoms with van der Waals surface area (Å²) in [7, 11) is 3.97. The zero-order valence-corrected chi connectivity index (χ0v) is 12.1. The highest BCUT2D eigenvalue weighted by Crippen LogP contribution is 2.26. The maximum absolute atomic E-state index is 11.7. The number of hydrogen-bond acceptors (Lipinski definition) is 3. The summed E-state index contributed by atoms with van der Waals surface area (Å²) in [6.07, 6.45) is 5.16. The van der Waals surface area contributed by atoms with E-state index in [4.69, 9.17) is 5.11 Å². The minimum atomic E-state index is 0.230. The summed E-state index contributed by atoms with van der Waals surface area (Å²) >= 11 is 0. The first-order chi connectivity index (χ1) is 8.58. The second-order valence-electron chi connectivity index (χ2n) is 5.50. The zero-order valence-electron chi connectivity index (χ0n) is 12.1. The van der Waals surface area contributed by atoms with Crippen molar-refractivity contribution >= 4 is 5.91 Å². The van der Waals surface area contributed by atoms with E-state index in [0.717, 1.165) is 38.8 Å². The van der Waals surface area contributed by atoms with Gasteiger partial charge in [0.25, 0.3) is 0 Å². The third-order valence-electron chi connectivity index (χ3n) is 4.28. The maximum Gasteiger partial charge on any atom is 0.223 e. The summed E-state index contributed by atoms with van der Waals surface area (Å²) in [5.74, 6) is 0.732. The van der Waals surface area contributed by atoms with E-state index in [1.165, 1.54) is 0 Å². The highest BCUT2D eigenvalue weighted by atomic mass is 16.3. The van der Waals surface area contributed by atoms with Crippen LogP contribution in [-0.4, -0.2) is 60.6 Å². The zero-order chi connectivity index (χ0) is 13.5. The number of carbonyl (C=O) groups is 1. The van der Waals surface area contributed by atoms with E-state index in [9.17, 15) is 4.79 Å². The lowest BCUT2D eigenvalue weighted by Gasteiger charge is -2.34. The molecule has 4 nitrogen and oxygen atoms in total. The Morgan fingerprint density at radius 3 is 2.33 bits per heavy atom. The predicted molar refractivity (Wildman–Crippen MR) is 73.4 cm³/mol. The van der Waals surface area contributed by atoms with Gasteiger partial charge in [0.15, 0.2) is 0 Å². The molecule has 0 saturated heterocycles. The van der Waals surface area contributed by atoms with Crippen LogP contribution in [0.15, 0.2) is 0 Å². The van der Waals surface area contributed by atoms with E-state index in [1.54, 1.807) is 4.90 Å². The molecular formula is C14H28N2O2. The summed E-state index contributed by atoms with van der Waals surface area (Å²) in [4.78, 5) is 15.8. The van der Waals surface area contributed by atoms with Gasteiger partial charge in [-0.25, -0.2) is 0 Å². The van der Waals surface area contributed by atoms with Crippen molar-refractivity contribution in [1.82, 2.24) is 9.80 Å². The van der Waals surface area contributed by atoms with Crippen molar-refractivity contribution in [3.8, 4) is 0 Å². The second kappa shape index (κ2) is 7.74. The van der Waals surface area contributed by atoms with Gasteiger partial charge in [0.2, 0.25) is 5.91 Å². The quantitative estimate of drug-likeness (QED) is 0.780. The first kappa shape index (κ1) is 15.4. The molecule has 0 spiro atoms. The molecule has 1 amide bonds. The number of nitrogens with zero attached hydrogens (tertiary/aromatic N) is 2. The molecule has 0 bridgehead atoms. The van der Waals surface area contributed by atoms with Crippen molar-refractivity contribution < 1.29 is 9.90 Å². The van der Waals surface area contributed by atoms with Gasteiger partial charge >= 0.3 is 0 Å². The van der Waals surface area contributed by atoms with E-state index in [1.807, 2.05) is 14.0 Å². The minimum Gasteiger partial charge on any atom is -0.396 e. The van der Waals surface area contributed by atoms with Crippen LogP contribution in [0.4, 0.5) is 0 Å². The van der Waals surface area contributed by atoms with Crippen molar-refractivity contribution in [3.05, 3.63) is 0 Å². The van der Waals surface area contributed by atoms with E-state index in [0.29, 0.717) is 25.0 Å².